The van der Waals surface area contributed by atoms with Crippen molar-refractivity contribution in [1.82, 2.24) is 4.90 Å². The van der Waals surface area contributed by atoms with E-state index < -0.39 is 12.1 Å². The number of nitrogens with zero attached hydrogens (tertiary/aromatic N) is 1. The van der Waals surface area contributed by atoms with Crippen molar-refractivity contribution in [3.8, 4) is 5.75 Å². The second-order valence-corrected chi connectivity index (χ2v) is 5.95. The molecule has 5 nitrogen and oxygen atoms in total. The predicted molar refractivity (Wildman–Crippen MR) is 81.6 cm³/mol. The number of carboxylic acids is 1. The van der Waals surface area contributed by atoms with Gasteiger partial charge in [0.2, 0.25) is 0 Å². The van der Waals surface area contributed by atoms with Crippen LogP contribution in [0.1, 0.15) is 36.5 Å². The van der Waals surface area contributed by atoms with E-state index in [1.165, 1.54) is 18.6 Å². The maximum Gasteiger partial charge on any atom is 0.335 e. The van der Waals surface area contributed by atoms with Crippen molar-refractivity contribution in [2.45, 2.75) is 32.3 Å². The lowest BCUT2D eigenvalue weighted by atomic mass is 10.1. The van der Waals surface area contributed by atoms with Gasteiger partial charge in [0.25, 0.3) is 5.91 Å². The first-order chi connectivity index (χ1) is 9.99. The first kappa shape index (κ1) is 15.8. The summed E-state index contributed by atoms with van der Waals surface area (Å²) in [5.74, 6) is -0.554. The van der Waals surface area contributed by atoms with Crippen molar-refractivity contribution >= 4 is 27.8 Å². The molecule has 6 heteroatoms. The third kappa shape index (κ3) is 3.97. The standard InChI is InChI=1S/C15H18BrNO4/c1-10(14(18)17-7-3-2-4-8-17)21-13-6-5-11(15(19)20)9-12(13)16/h5-6,9-10H,2-4,7-8H2,1H3,(H,19,20). The van der Waals surface area contributed by atoms with E-state index in [1.807, 2.05) is 4.90 Å². The summed E-state index contributed by atoms with van der Waals surface area (Å²) < 4.78 is 6.19. The number of ether oxygens (including phenoxy) is 1. The fourth-order valence-corrected chi connectivity index (χ4v) is 2.81. The van der Waals surface area contributed by atoms with Gasteiger partial charge in [0.15, 0.2) is 6.10 Å². The van der Waals surface area contributed by atoms with Crippen LogP contribution in [0.4, 0.5) is 0 Å². The van der Waals surface area contributed by atoms with Gasteiger partial charge in [-0.2, -0.15) is 0 Å². The summed E-state index contributed by atoms with van der Waals surface area (Å²) in [5.41, 5.74) is 0.171. The van der Waals surface area contributed by atoms with Crippen molar-refractivity contribution < 1.29 is 19.4 Å². The lowest BCUT2D eigenvalue weighted by Crippen LogP contribution is -2.43. The number of benzene rings is 1. The SMILES string of the molecule is CC(Oc1ccc(C(=O)O)cc1Br)C(=O)N1CCCCC1. The third-order valence-electron chi connectivity index (χ3n) is 3.50. The highest BCUT2D eigenvalue weighted by atomic mass is 79.9. The Morgan fingerprint density at radius 2 is 1.95 bits per heavy atom. The lowest BCUT2D eigenvalue weighted by molar-refractivity contribution is -0.138. The second-order valence-electron chi connectivity index (χ2n) is 5.10. The number of likely N-dealkylation sites (tertiary alicyclic amines) is 1. The minimum absolute atomic E-state index is 0.0242. The van der Waals surface area contributed by atoms with Crippen LogP contribution in [-0.4, -0.2) is 41.1 Å². The van der Waals surface area contributed by atoms with Gasteiger partial charge in [-0.3, -0.25) is 4.79 Å². The van der Waals surface area contributed by atoms with Crippen LogP contribution in [0.15, 0.2) is 22.7 Å². The molecule has 1 atom stereocenters. The monoisotopic (exact) mass is 355 g/mol. The first-order valence-electron chi connectivity index (χ1n) is 6.97. The summed E-state index contributed by atoms with van der Waals surface area (Å²) in [7, 11) is 0. The molecule has 1 aliphatic rings. The zero-order valence-corrected chi connectivity index (χ0v) is 13.4. The zero-order valence-electron chi connectivity index (χ0n) is 11.8. The summed E-state index contributed by atoms with van der Waals surface area (Å²) >= 11 is 3.28. The van der Waals surface area contributed by atoms with Crippen LogP contribution in [-0.2, 0) is 4.79 Å². The Morgan fingerprint density at radius 3 is 2.52 bits per heavy atom. The van der Waals surface area contributed by atoms with Gasteiger partial charge >= 0.3 is 5.97 Å². The highest BCUT2D eigenvalue weighted by molar-refractivity contribution is 9.10. The van der Waals surface area contributed by atoms with Gasteiger partial charge in [0.05, 0.1) is 10.0 Å². The van der Waals surface area contributed by atoms with E-state index in [-0.39, 0.29) is 11.5 Å². The molecule has 1 N–H and O–H groups in total. The molecule has 0 saturated carbocycles. The molecule has 1 heterocycles. The Balaban J connectivity index is 2.03. The molecule has 0 bridgehead atoms. The quantitative estimate of drug-likeness (QED) is 0.901. The Bertz CT molecular complexity index is 540. The van der Waals surface area contributed by atoms with E-state index in [0.29, 0.717) is 10.2 Å². The van der Waals surface area contributed by atoms with Crippen LogP contribution in [0.3, 0.4) is 0 Å². The van der Waals surface area contributed by atoms with Crippen molar-refractivity contribution in [1.29, 1.82) is 0 Å². The number of amides is 1. The zero-order chi connectivity index (χ0) is 15.4. The van der Waals surface area contributed by atoms with Crippen LogP contribution < -0.4 is 4.74 Å². The van der Waals surface area contributed by atoms with Crippen molar-refractivity contribution in [3.05, 3.63) is 28.2 Å². The normalized spacial score (nSPS) is 16.4. The molecule has 0 spiro atoms. The fraction of sp³-hybridized carbons (Fsp3) is 0.467. The van der Waals surface area contributed by atoms with E-state index >= 15 is 0 Å². The summed E-state index contributed by atoms with van der Waals surface area (Å²) in [5, 5.41) is 8.92. The van der Waals surface area contributed by atoms with Crippen LogP contribution in [0, 0.1) is 0 Å². The molecular formula is C15H18BrNO4. The number of aromatic carboxylic acids is 1. The number of halogens is 1. The van der Waals surface area contributed by atoms with Gasteiger partial charge in [0, 0.05) is 13.1 Å². The van der Waals surface area contributed by atoms with Gasteiger partial charge in [-0.1, -0.05) is 0 Å². The summed E-state index contributed by atoms with van der Waals surface area (Å²) in [6.45, 7) is 3.28. The molecule has 0 aromatic heterocycles. The van der Waals surface area contributed by atoms with Crippen LogP contribution in [0.5, 0.6) is 5.75 Å². The van der Waals surface area contributed by atoms with Gasteiger partial charge in [0.1, 0.15) is 5.75 Å². The highest BCUT2D eigenvalue weighted by Crippen LogP contribution is 2.27. The molecule has 114 valence electrons. The molecule has 1 aliphatic heterocycles. The van der Waals surface area contributed by atoms with Crippen LogP contribution >= 0.6 is 15.9 Å². The van der Waals surface area contributed by atoms with Gasteiger partial charge < -0.3 is 14.7 Å². The number of piperidine rings is 1. The van der Waals surface area contributed by atoms with Crippen LogP contribution in [0.2, 0.25) is 0 Å². The number of hydrogen-bond donors (Lipinski definition) is 1. The number of rotatable bonds is 4. The third-order valence-corrected chi connectivity index (χ3v) is 4.12. The Kier molecular flexibility index (Phi) is 5.22. The number of hydrogen-bond acceptors (Lipinski definition) is 3. The molecule has 1 saturated heterocycles. The Morgan fingerprint density at radius 1 is 1.29 bits per heavy atom. The second kappa shape index (κ2) is 6.93. The van der Waals surface area contributed by atoms with Crippen molar-refractivity contribution in [2.75, 3.05) is 13.1 Å². The fourth-order valence-electron chi connectivity index (χ4n) is 2.34. The van der Waals surface area contributed by atoms with E-state index in [4.69, 9.17) is 9.84 Å². The van der Waals surface area contributed by atoms with E-state index in [2.05, 4.69) is 15.9 Å². The summed E-state index contributed by atoms with van der Waals surface area (Å²) in [4.78, 5) is 25.0. The molecule has 1 fully saturated rings. The molecule has 0 radical (unpaired) electrons. The molecular weight excluding hydrogens is 338 g/mol. The van der Waals surface area contributed by atoms with Crippen molar-refractivity contribution in [2.24, 2.45) is 0 Å². The highest BCUT2D eigenvalue weighted by Gasteiger charge is 2.24. The maximum atomic E-state index is 12.3. The van der Waals surface area contributed by atoms with Gasteiger partial charge in [-0.15, -0.1) is 0 Å². The average molecular weight is 356 g/mol. The minimum Gasteiger partial charge on any atom is -0.480 e. The molecule has 21 heavy (non-hydrogen) atoms. The Hall–Kier alpha value is -1.56. The minimum atomic E-state index is -1.00. The molecule has 2 rings (SSSR count). The van der Waals surface area contributed by atoms with Crippen molar-refractivity contribution in [3.63, 3.8) is 0 Å². The number of carboxylic acid groups (broad SMARTS) is 1. The number of carbonyl (C=O) groups is 2. The summed E-state index contributed by atoms with van der Waals surface area (Å²) in [6.07, 6.45) is 2.65. The molecule has 1 unspecified atom stereocenters. The number of carbonyl (C=O) groups excluding carboxylic acids is 1. The van der Waals surface area contributed by atoms with E-state index in [9.17, 15) is 9.59 Å². The smallest absolute Gasteiger partial charge is 0.335 e. The predicted octanol–water partition coefficient (Wildman–Crippen LogP) is 2.93. The van der Waals surface area contributed by atoms with E-state index in [1.54, 1.807) is 13.0 Å². The van der Waals surface area contributed by atoms with E-state index in [0.717, 1.165) is 25.9 Å². The van der Waals surface area contributed by atoms with Crippen LogP contribution in [0.25, 0.3) is 0 Å². The lowest BCUT2D eigenvalue weighted by Gasteiger charge is -2.29. The topological polar surface area (TPSA) is 66.8 Å². The molecule has 1 aromatic carbocycles. The largest absolute Gasteiger partial charge is 0.480 e. The maximum absolute atomic E-state index is 12.3. The van der Waals surface area contributed by atoms with Gasteiger partial charge in [-0.25, -0.2) is 4.79 Å². The Labute approximate surface area is 132 Å². The van der Waals surface area contributed by atoms with Gasteiger partial charge in [-0.05, 0) is 60.3 Å². The molecule has 0 aliphatic carbocycles. The molecule has 1 amide bonds. The molecule has 1 aromatic rings. The first-order valence-corrected chi connectivity index (χ1v) is 7.76. The average Bonchev–Trinajstić information content (AvgIpc) is 2.49. The summed E-state index contributed by atoms with van der Waals surface area (Å²) in [6, 6.07) is 4.49.